The van der Waals surface area contributed by atoms with Gasteiger partial charge in [0.15, 0.2) is 0 Å². The van der Waals surface area contributed by atoms with Crippen LogP contribution in [0.1, 0.15) is 11.1 Å². The first-order valence-electron chi connectivity index (χ1n) is 6.62. The molecule has 1 aliphatic rings. The van der Waals surface area contributed by atoms with E-state index in [0.29, 0.717) is 17.7 Å². The molecule has 0 bridgehead atoms. The number of primary sulfonamides is 1. The van der Waals surface area contributed by atoms with Crippen LogP contribution in [0.2, 0.25) is 0 Å². The molecule has 0 amide bonds. The lowest BCUT2D eigenvalue weighted by Gasteiger charge is -2.08. The van der Waals surface area contributed by atoms with Crippen LogP contribution in [0.3, 0.4) is 0 Å². The summed E-state index contributed by atoms with van der Waals surface area (Å²) in [5, 5.41) is 4.84. The average Bonchev–Trinajstić information content (AvgIpc) is 2.90. The molecule has 0 unspecified atom stereocenters. The second-order valence-electron chi connectivity index (χ2n) is 4.98. The number of hydrogen-bond donors (Lipinski definition) is 1. The van der Waals surface area contributed by atoms with E-state index < -0.39 is 32.5 Å². The molecule has 24 heavy (non-hydrogen) atoms. The van der Waals surface area contributed by atoms with Crippen LogP contribution in [-0.2, 0) is 19.6 Å². The topological polar surface area (TPSA) is 99.4 Å². The third-order valence-corrected chi connectivity index (χ3v) is 4.38. The van der Waals surface area contributed by atoms with Gasteiger partial charge in [0.1, 0.15) is 23.1 Å². The Balaban J connectivity index is 2.23. The number of carbonyl (C=O) groups excluding carboxylic acids is 1. The van der Waals surface area contributed by atoms with Crippen LogP contribution in [0.5, 0.6) is 0 Å². The van der Waals surface area contributed by atoms with Gasteiger partial charge in [-0.1, -0.05) is 6.07 Å². The Morgan fingerprint density at radius 3 is 2.58 bits per heavy atom. The SMILES string of the molecule is NS(=O)(=O)c1cc(F)c(C2=C(c3cccnc3)C(=O)OC2)cc1F. The maximum Gasteiger partial charge on any atom is 0.339 e. The van der Waals surface area contributed by atoms with Crippen molar-refractivity contribution in [2.24, 2.45) is 5.14 Å². The second kappa shape index (κ2) is 5.77. The van der Waals surface area contributed by atoms with Gasteiger partial charge in [0.25, 0.3) is 0 Å². The third-order valence-electron chi connectivity index (χ3n) is 3.46. The summed E-state index contributed by atoms with van der Waals surface area (Å²) < 4.78 is 55.7. The maximum atomic E-state index is 14.3. The van der Waals surface area contributed by atoms with Crippen molar-refractivity contribution >= 4 is 27.1 Å². The minimum Gasteiger partial charge on any atom is -0.457 e. The van der Waals surface area contributed by atoms with Crippen molar-refractivity contribution in [1.82, 2.24) is 4.98 Å². The van der Waals surface area contributed by atoms with Gasteiger partial charge in [0.2, 0.25) is 10.0 Å². The molecular weight excluding hydrogens is 342 g/mol. The van der Waals surface area contributed by atoms with E-state index >= 15 is 0 Å². The first kappa shape index (κ1) is 16.2. The predicted octanol–water partition coefficient (Wildman–Crippen LogP) is 1.47. The molecule has 0 atom stereocenters. The third kappa shape index (κ3) is 2.79. The summed E-state index contributed by atoms with van der Waals surface area (Å²) in [4.78, 5) is 14.9. The molecule has 0 radical (unpaired) electrons. The van der Waals surface area contributed by atoms with E-state index in [2.05, 4.69) is 4.98 Å². The fourth-order valence-electron chi connectivity index (χ4n) is 2.40. The number of benzene rings is 1. The lowest BCUT2D eigenvalue weighted by molar-refractivity contribution is -0.133. The van der Waals surface area contributed by atoms with E-state index in [1.165, 1.54) is 12.4 Å². The smallest absolute Gasteiger partial charge is 0.339 e. The molecule has 0 saturated heterocycles. The number of rotatable bonds is 3. The number of nitrogens with zero attached hydrogens (tertiary/aromatic N) is 1. The number of nitrogens with two attached hydrogens (primary N) is 1. The van der Waals surface area contributed by atoms with Crippen molar-refractivity contribution < 1.29 is 26.7 Å². The summed E-state index contributed by atoms with van der Waals surface area (Å²) >= 11 is 0. The summed E-state index contributed by atoms with van der Waals surface area (Å²) in [6.07, 6.45) is 2.88. The van der Waals surface area contributed by atoms with Gasteiger partial charge >= 0.3 is 5.97 Å². The van der Waals surface area contributed by atoms with Crippen molar-refractivity contribution in [2.45, 2.75) is 4.90 Å². The highest BCUT2D eigenvalue weighted by atomic mass is 32.2. The van der Waals surface area contributed by atoms with Gasteiger partial charge in [-0.15, -0.1) is 0 Å². The highest BCUT2D eigenvalue weighted by Gasteiger charge is 2.30. The molecule has 1 aromatic carbocycles. The van der Waals surface area contributed by atoms with Gasteiger partial charge in [-0.3, -0.25) is 4.98 Å². The summed E-state index contributed by atoms with van der Waals surface area (Å²) in [7, 11) is -4.41. The number of cyclic esters (lactones) is 1. The molecule has 124 valence electrons. The number of halogens is 2. The van der Waals surface area contributed by atoms with Crippen LogP contribution < -0.4 is 5.14 Å². The van der Waals surface area contributed by atoms with Crippen LogP contribution in [0.25, 0.3) is 11.1 Å². The van der Waals surface area contributed by atoms with Crippen molar-refractivity contribution in [3.8, 4) is 0 Å². The molecular formula is C15H10F2N2O4S. The van der Waals surface area contributed by atoms with E-state index in [9.17, 15) is 22.0 Å². The Bertz CT molecular complexity index is 972. The Hall–Kier alpha value is -2.65. The molecule has 2 heterocycles. The van der Waals surface area contributed by atoms with Crippen LogP contribution >= 0.6 is 0 Å². The quantitative estimate of drug-likeness (QED) is 0.844. The molecule has 1 aliphatic heterocycles. The largest absolute Gasteiger partial charge is 0.457 e. The fraction of sp³-hybridized carbons (Fsp3) is 0.0667. The number of sulfonamides is 1. The summed E-state index contributed by atoms with van der Waals surface area (Å²) in [5.41, 5.74) is 0.255. The summed E-state index contributed by atoms with van der Waals surface area (Å²) in [6, 6.07) is 4.31. The minimum atomic E-state index is -4.41. The average molecular weight is 352 g/mol. The Morgan fingerprint density at radius 2 is 1.96 bits per heavy atom. The number of pyridine rings is 1. The van der Waals surface area contributed by atoms with Gasteiger partial charge in [-0.2, -0.15) is 0 Å². The predicted molar refractivity (Wildman–Crippen MR) is 79.7 cm³/mol. The van der Waals surface area contributed by atoms with Gasteiger partial charge < -0.3 is 4.74 Å². The lowest BCUT2D eigenvalue weighted by atomic mass is 9.97. The summed E-state index contributed by atoms with van der Waals surface area (Å²) in [6.45, 7) is -0.270. The maximum absolute atomic E-state index is 14.3. The van der Waals surface area contributed by atoms with E-state index in [4.69, 9.17) is 9.88 Å². The number of aromatic nitrogens is 1. The molecule has 0 saturated carbocycles. The molecule has 6 nitrogen and oxygen atoms in total. The van der Waals surface area contributed by atoms with Crippen molar-refractivity contribution in [2.75, 3.05) is 6.61 Å². The van der Waals surface area contributed by atoms with Gasteiger partial charge in [0, 0.05) is 29.1 Å². The molecule has 0 fully saturated rings. The molecule has 0 spiro atoms. The Kier molecular flexibility index (Phi) is 3.90. The summed E-state index contributed by atoms with van der Waals surface area (Å²) in [5.74, 6) is -2.95. The van der Waals surface area contributed by atoms with Crippen LogP contribution in [0.4, 0.5) is 8.78 Å². The van der Waals surface area contributed by atoms with Crippen LogP contribution in [0, 0.1) is 11.6 Å². The standard InChI is InChI=1S/C15H10F2N2O4S/c16-11-5-13(24(18,21)22)12(17)4-9(11)10-7-23-15(20)14(10)8-2-1-3-19-6-8/h1-6H,7H2,(H2,18,21,22). The minimum absolute atomic E-state index is 0.0461. The van der Waals surface area contributed by atoms with Gasteiger partial charge in [0.05, 0.1) is 5.57 Å². The first-order chi connectivity index (χ1) is 11.3. The molecule has 9 heteroatoms. The molecule has 0 aliphatic carbocycles. The fourth-order valence-corrected chi connectivity index (χ4v) is 3.00. The van der Waals surface area contributed by atoms with E-state index in [-0.39, 0.29) is 23.3 Å². The van der Waals surface area contributed by atoms with Gasteiger partial charge in [-0.05, 0) is 18.2 Å². The Labute approximate surface area is 135 Å². The molecule has 1 aromatic heterocycles. The van der Waals surface area contributed by atoms with Crippen molar-refractivity contribution in [3.63, 3.8) is 0 Å². The number of ether oxygens (including phenoxy) is 1. The van der Waals surface area contributed by atoms with E-state index in [0.717, 1.165) is 0 Å². The first-order valence-corrected chi connectivity index (χ1v) is 8.16. The van der Waals surface area contributed by atoms with Crippen LogP contribution in [0.15, 0.2) is 41.6 Å². The number of hydrogen-bond acceptors (Lipinski definition) is 5. The Morgan fingerprint density at radius 1 is 1.21 bits per heavy atom. The normalized spacial score (nSPS) is 14.9. The number of carbonyl (C=O) groups is 1. The second-order valence-corrected chi connectivity index (χ2v) is 6.51. The van der Waals surface area contributed by atoms with Crippen LogP contribution in [-0.4, -0.2) is 26.0 Å². The molecule has 2 N–H and O–H groups in total. The van der Waals surface area contributed by atoms with Crippen molar-refractivity contribution in [3.05, 3.63) is 59.4 Å². The molecule has 2 aromatic rings. The van der Waals surface area contributed by atoms with Gasteiger partial charge in [-0.25, -0.2) is 27.1 Å². The monoisotopic (exact) mass is 352 g/mol. The zero-order valence-electron chi connectivity index (χ0n) is 12.0. The van der Waals surface area contributed by atoms with Crippen molar-refractivity contribution in [1.29, 1.82) is 0 Å². The lowest BCUT2D eigenvalue weighted by Crippen LogP contribution is -2.15. The highest BCUT2D eigenvalue weighted by molar-refractivity contribution is 7.89. The molecule has 3 rings (SSSR count). The highest BCUT2D eigenvalue weighted by Crippen LogP contribution is 2.35. The number of esters is 1. The zero-order chi connectivity index (χ0) is 17.5. The van der Waals surface area contributed by atoms with E-state index in [1.54, 1.807) is 12.1 Å². The van der Waals surface area contributed by atoms with E-state index in [1.807, 2.05) is 0 Å². The zero-order valence-corrected chi connectivity index (χ0v) is 12.8.